The molecule has 2 N–H and O–H groups in total. The van der Waals surface area contributed by atoms with Crippen LogP contribution < -0.4 is 5.73 Å². The minimum atomic E-state index is 0.403. The second kappa shape index (κ2) is 4.97. The van der Waals surface area contributed by atoms with Crippen molar-refractivity contribution in [3.05, 3.63) is 0 Å². The molecule has 1 aliphatic rings. The first-order valence-corrected chi connectivity index (χ1v) is 5.46. The summed E-state index contributed by atoms with van der Waals surface area (Å²) in [6, 6.07) is 0. The smallest absolute Gasteiger partial charge is 0.0576 e. The van der Waals surface area contributed by atoms with E-state index in [-0.39, 0.29) is 0 Å². The standard InChI is InChI=1S/C11H23NO/c1-11(2,7-8-12)6-5-10-4-3-9-13-10/h10H,3-9,12H2,1-2H3. The fraction of sp³-hybridized carbons (Fsp3) is 1.00. The maximum atomic E-state index is 5.60. The largest absolute Gasteiger partial charge is 0.378 e. The fourth-order valence-corrected chi connectivity index (χ4v) is 1.94. The summed E-state index contributed by atoms with van der Waals surface area (Å²) in [7, 11) is 0. The molecular weight excluding hydrogens is 162 g/mol. The summed E-state index contributed by atoms with van der Waals surface area (Å²) < 4.78 is 5.60. The van der Waals surface area contributed by atoms with Crippen LogP contribution in [0.15, 0.2) is 0 Å². The van der Waals surface area contributed by atoms with E-state index >= 15 is 0 Å². The summed E-state index contributed by atoms with van der Waals surface area (Å²) in [5.74, 6) is 0. The van der Waals surface area contributed by atoms with Gasteiger partial charge in [-0.15, -0.1) is 0 Å². The Morgan fingerprint density at radius 1 is 1.38 bits per heavy atom. The molecule has 0 aliphatic carbocycles. The van der Waals surface area contributed by atoms with Crippen LogP contribution in [-0.4, -0.2) is 19.3 Å². The number of nitrogens with two attached hydrogens (primary N) is 1. The lowest BCUT2D eigenvalue weighted by Gasteiger charge is -2.25. The lowest BCUT2D eigenvalue weighted by Crippen LogP contribution is -2.19. The van der Waals surface area contributed by atoms with Crippen LogP contribution in [0.25, 0.3) is 0 Å². The van der Waals surface area contributed by atoms with Crippen molar-refractivity contribution in [1.82, 2.24) is 0 Å². The lowest BCUT2D eigenvalue weighted by atomic mass is 9.83. The summed E-state index contributed by atoms with van der Waals surface area (Å²) in [5.41, 5.74) is 5.97. The van der Waals surface area contributed by atoms with E-state index in [0.717, 1.165) is 19.6 Å². The molecule has 0 aromatic carbocycles. The Kier molecular flexibility index (Phi) is 4.20. The third kappa shape index (κ3) is 4.10. The van der Waals surface area contributed by atoms with E-state index in [9.17, 15) is 0 Å². The van der Waals surface area contributed by atoms with Crippen LogP contribution in [0.5, 0.6) is 0 Å². The predicted molar refractivity (Wildman–Crippen MR) is 55.7 cm³/mol. The minimum Gasteiger partial charge on any atom is -0.378 e. The van der Waals surface area contributed by atoms with E-state index < -0.39 is 0 Å². The molecule has 0 bridgehead atoms. The first-order chi connectivity index (χ1) is 6.14. The minimum absolute atomic E-state index is 0.403. The molecule has 1 rings (SSSR count). The van der Waals surface area contributed by atoms with Gasteiger partial charge in [0.1, 0.15) is 0 Å². The monoisotopic (exact) mass is 185 g/mol. The summed E-state index contributed by atoms with van der Waals surface area (Å²) in [4.78, 5) is 0. The van der Waals surface area contributed by atoms with Crippen LogP contribution in [-0.2, 0) is 4.74 Å². The third-order valence-corrected chi connectivity index (χ3v) is 2.99. The molecule has 1 aliphatic heterocycles. The van der Waals surface area contributed by atoms with Crippen LogP contribution in [0.1, 0.15) is 46.0 Å². The van der Waals surface area contributed by atoms with Crippen LogP contribution >= 0.6 is 0 Å². The summed E-state index contributed by atoms with van der Waals surface area (Å²) in [6.45, 7) is 6.38. The average molecular weight is 185 g/mol. The molecule has 0 aromatic heterocycles. The molecule has 0 aromatic rings. The molecule has 0 radical (unpaired) electrons. The molecule has 1 fully saturated rings. The van der Waals surface area contributed by atoms with Crippen molar-refractivity contribution in [3.8, 4) is 0 Å². The van der Waals surface area contributed by atoms with Gasteiger partial charge in [0.2, 0.25) is 0 Å². The molecule has 1 saturated heterocycles. The highest BCUT2D eigenvalue weighted by Gasteiger charge is 2.21. The zero-order valence-corrected chi connectivity index (χ0v) is 9.01. The molecule has 0 saturated carbocycles. The Morgan fingerprint density at radius 3 is 2.69 bits per heavy atom. The molecule has 1 unspecified atom stereocenters. The van der Waals surface area contributed by atoms with Gasteiger partial charge in [0, 0.05) is 6.61 Å². The average Bonchev–Trinajstić information content (AvgIpc) is 2.52. The molecule has 0 amide bonds. The Hall–Kier alpha value is -0.0800. The summed E-state index contributed by atoms with van der Waals surface area (Å²) in [6.07, 6.45) is 6.64. The van der Waals surface area contributed by atoms with Crippen molar-refractivity contribution in [2.75, 3.05) is 13.2 Å². The Balaban J connectivity index is 2.15. The van der Waals surface area contributed by atoms with Gasteiger partial charge in [-0.2, -0.15) is 0 Å². The Labute approximate surface area is 81.8 Å². The van der Waals surface area contributed by atoms with E-state index in [0.29, 0.717) is 11.5 Å². The number of rotatable bonds is 5. The van der Waals surface area contributed by atoms with Crippen molar-refractivity contribution >= 4 is 0 Å². The first kappa shape index (κ1) is 11.0. The van der Waals surface area contributed by atoms with Crippen molar-refractivity contribution in [1.29, 1.82) is 0 Å². The lowest BCUT2D eigenvalue weighted by molar-refractivity contribution is 0.0908. The molecule has 13 heavy (non-hydrogen) atoms. The summed E-state index contributed by atoms with van der Waals surface area (Å²) >= 11 is 0. The highest BCUT2D eigenvalue weighted by molar-refractivity contribution is 4.73. The van der Waals surface area contributed by atoms with Gasteiger partial charge in [0.05, 0.1) is 6.10 Å². The molecule has 0 spiro atoms. The molecule has 2 heteroatoms. The van der Waals surface area contributed by atoms with Gasteiger partial charge in [-0.1, -0.05) is 13.8 Å². The zero-order valence-electron chi connectivity index (χ0n) is 9.01. The molecule has 78 valence electrons. The number of ether oxygens (including phenoxy) is 1. The second-order valence-corrected chi connectivity index (χ2v) is 4.88. The maximum Gasteiger partial charge on any atom is 0.0576 e. The van der Waals surface area contributed by atoms with E-state index in [1.165, 1.54) is 25.7 Å². The van der Waals surface area contributed by atoms with Crippen molar-refractivity contribution < 1.29 is 4.74 Å². The number of hydrogen-bond acceptors (Lipinski definition) is 2. The van der Waals surface area contributed by atoms with E-state index in [2.05, 4.69) is 13.8 Å². The van der Waals surface area contributed by atoms with Gasteiger partial charge in [-0.05, 0) is 44.1 Å². The molecular formula is C11H23NO. The highest BCUT2D eigenvalue weighted by Crippen LogP contribution is 2.29. The van der Waals surface area contributed by atoms with Gasteiger partial charge in [0.15, 0.2) is 0 Å². The Bertz CT molecular complexity index is 139. The highest BCUT2D eigenvalue weighted by atomic mass is 16.5. The van der Waals surface area contributed by atoms with Crippen molar-refractivity contribution in [3.63, 3.8) is 0 Å². The molecule has 2 nitrogen and oxygen atoms in total. The number of hydrogen-bond donors (Lipinski definition) is 1. The van der Waals surface area contributed by atoms with Gasteiger partial charge >= 0.3 is 0 Å². The normalized spacial score (nSPS) is 23.8. The van der Waals surface area contributed by atoms with Crippen LogP contribution in [0.4, 0.5) is 0 Å². The van der Waals surface area contributed by atoms with Gasteiger partial charge in [-0.25, -0.2) is 0 Å². The zero-order chi connectivity index (χ0) is 9.73. The van der Waals surface area contributed by atoms with E-state index in [1.807, 2.05) is 0 Å². The maximum absolute atomic E-state index is 5.60. The van der Waals surface area contributed by atoms with Gasteiger partial charge in [-0.3, -0.25) is 0 Å². The predicted octanol–water partition coefficient (Wildman–Crippen LogP) is 2.32. The van der Waals surface area contributed by atoms with Crippen LogP contribution in [0, 0.1) is 5.41 Å². The van der Waals surface area contributed by atoms with E-state index in [4.69, 9.17) is 10.5 Å². The summed E-state index contributed by atoms with van der Waals surface area (Å²) in [5, 5.41) is 0. The van der Waals surface area contributed by atoms with Crippen LogP contribution in [0.2, 0.25) is 0 Å². The topological polar surface area (TPSA) is 35.2 Å². The van der Waals surface area contributed by atoms with E-state index in [1.54, 1.807) is 0 Å². The second-order valence-electron chi connectivity index (χ2n) is 4.88. The van der Waals surface area contributed by atoms with Crippen LogP contribution in [0.3, 0.4) is 0 Å². The van der Waals surface area contributed by atoms with Crippen molar-refractivity contribution in [2.45, 2.75) is 52.1 Å². The quantitative estimate of drug-likeness (QED) is 0.713. The van der Waals surface area contributed by atoms with Crippen molar-refractivity contribution in [2.24, 2.45) is 11.1 Å². The SMILES string of the molecule is CC(C)(CCN)CCC1CCCO1. The molecule has 1 atom stereocenters. The first-order valence-electron chi connectivity index (χ1n) is 5.46. The van der Waals surface area contributed by atoms with Gasteiger partial charge < -0.3 is 10.5 Å². The third-order valence-electron chi connectivity index (χ3n) is 2.99. The van der Waals surface area contributed by atoms with Gasteiger partial charge in [0.25, 0.3) is 0 Å². The molecule has 1 heterocycles. The Morgan fingerprint density at radius 2 is 2.15 bits per heavy atom. The fourth-order valence-electron chi connectivity index (χ4n) is 1.94.